The summed E-state index contributed by atoms with van der Waals surface area (Å²) in [6, 6.07) is 26.8. The highest BCUT2D eigenvalue weighted by atomic mass is 16.5. The van der Waals surface area contributed by atoms with Gasteiger partial charge < -0.3 is 24.8 Å². The third-order valence-electron chi connectivity index (χ3n) is 8.01. The number of nitrogens with one attached hydrogen (secondary N) is 2. The molecule has 9 heteroatoms. The molecule has 4 aromatic rings. The van der Waals surface area contributed by atoms with E-state index in [1.54, 1.807) is 72.8 Å². The van der Waals surface area contributed by atoms with Crippen molar-refractivity contribution in [1.82, 2.24) is 5.32 Å². The molecule has 0 heterocycles. The molecule has 4 rings (SSSR count). The van der Waals surface area contributed by atoms with Gasteiger partial charge in [-0.15, -0.1) is 0 Å². The molecule has 0 aromatic heterocycles. The van der Waals surface area contributed by atoms with Crippen molar-refractivity contribution in [3.8, 4) is 17.2 Å². The molecule has 0 saturated carbocycles. The Morgan fingerprint density at radius 1 is 0.640 bits per heavy atom. The van der Waals surface area contributed by atoms with E-state index in [4.69, 9.17) is 14.2 Å². The lowest BCUT2D eigenvalue weighted by Gasteiger charge is -2.17. The molecule has 0 aliphatic carbocycles. The number of hydrogen-bond acceptors (Lipinski definition) is 7. The van der Waals surface area contributed by atoms with E-state index < -0.39 is 17.9 Å². The zero-order valence-electron chi connectivity index (χ0n) is 29.0. The van der Waals surface area contributed by atoms with E-state index in [9.17, 15) is 19.2 Å². The molecular formula is C41H46N2O7. The topological polar surface area (TPSA) is 120 Å². The predicted molar refractivity (Wildman–Crippen MR) is 194 cm³/mol. The van der Waals surface area contributed by atoms with Crippen LogP contribution in [-0.4, -0.2) is 42.8 Å². The van der Waals surface area contributed by atoms with Crippen molar-refractivity contribution in [2.75, 3.05) is 18.5 Å². The largest absolute Gasteiger partial charge is 0.494 e. The molecule has 9 nitrogen and oxygen atoms in total. The molecule has 2 N–H and O–H groups in total. The maximum Gasteiger partial charge on any atom is 0.343 e. The van der Waals surface area contributed by atoms with E-state index in [1.807, 2.05) is 31.2 Å². The number of ether oxygens (including phenoxy) is 3. The molecule has 0 unspecified atom stereocenters. The molecule has 0 saturated heterocycles. The second-order valence-electron chi connectivity index (χ2n) is 12.0. The normalized spacial score (nSPS) is 11.3. The van der Waals surface area contributed by atoms with Crippen molar-refractivity contribution in [3.63, 3.8) is 0 Å². The number of carbonyl (C=O) groups is 4. The Morgan fingerprint density at radius 2 is 1.22 bits per heavy atom. The fourth-order valence-corrected chi connectivity index (χ4v) is 5.18. The summed E-state index contributed by atoms with van der Waals surface area (Å²) in [6.45, 7) is 6.75. The molecule has 262 valence electrons. The quantitative estimate of drug-likeness (QED) is 0.0591. The Hall–Kier alpha value is -5.44. The molecule has 2 amide bonds. The number of hydrogen-bond donors (Lipinski definition) is 2. The van der Waals surface area contributed by atoms with Crippen LogP contribution in [0.25, 0.3) is 0 Å². The zero-order valence-corrected chi connectivity index (χ0v) is 29.0. The van der Waals surface area contributed by atoms with Crippen molar-refractivity contribution in [3.05, 3.63) is 119 Å². The lowest BCUT2D eigenvalue weighted by Crippen LogP contribution is -2.41. The van der Waals surface area contributed by atoms with Gasteiger partial charge in [0.05, 0.1) is 31.2 Å². The first-order valence-electron chi connectivity index (χ1n) is 17.2. The van der Waals surface area contributed by atoms with E-state index in [0.717, 1.165) is 29.7 Å². The van der Waals surface area contributed by atoms with Crippen LogP contribution < -0.4 is 24.8 Å². The summed E-state index contributed by atoms with van der Waals surface area (Å²) in [6.07, 6.45) is 6.27. The maximum absolute atomic E-state index is 13.0. The molecule has 1 atom stereocenters. The number of carbonyl (C=O) groups excluding carboxylic acids is 4. The fourth-order valence-electron chi connectivity index (χ4n) is 5.18. The van der Waals surface area contributed by atoms with Gasteiger partial charge in [-0.2, -0.15) is 0 Å². The molecule has 0 bridgehead atoms. The van der Waals surface area contributed by atoms with Crippen molar-refractivity contribution in [1.29, 1.82) is 0 Å². The Labute approximate surface area is 294 Å². The number of ketones is 1. The third kappa shape index (κ3) is 12.2. The third-order valence-corrected chi connectivity index (χ3v) is 8.01. The average molecular weight is 679 g/mol. The van der Waals surface area contributed by atoms with Gasteiger partial charge in [-0.3, -0.25) is 14.4 Å². The van der Waals surface area contributed by atoms with Crippen LogP contribution in [0.3, 0.4) is 0 Å². The van der Waals surface area contributed by atoms with Crippen LogP contribution in [0.4, 0.5) is 5.69 Å². The predicted octanol–water partition coefficient (Wildman–Crippen LogP) is 7.77. The molecule has 0 aliphatic rings. The first-order valence-corrected chi connectivity index (χ1v) is 17.2. The highest BCUT2D eigenvalue weighted by Crippen LogP contribution is 2.19. The molecule has 0 radical (unpaired) electrons. The summed E-state index contributed by atoms with van der Waals surface area (Å²) in [5, 5.41) is 5.64. The zero-order chi connectivity index (χ0) is 35.7. The van der Waals surface area contributed by atoms with Crippen LogP contribution in [-0.2, 0) is 22.4 Å². The number of benzene rings is 4. The van der Waals surface area contributed by atoms with Gasteiger partial charge in [0.25, 0.3) is 5.91 Å². The van der Waals surface area contributed by atoms with Gasteiger partial charge in [0.1, 0.15) is 17.2 Å². The average Bonchev–Trinajstić information content (AvgIpc) is 3.11. The van der Waals surface area contributed by atoms with Crippen LogP contribution in [0.5, 0.6) is 17.2 Å². The highest BCUT2D eigenvalue weighted by Gasteiger charge is 2.19. The van der Waals surface area contributed by atoms with Crippen LogP contribution >= 0.6 is 0 Å². The minimum atomic E-state index is -0.763. The summed E-state index contributed by atoms with van der Waals surface area (Å²) >= 11 is 0. The molecular weight excluding hydrogens is 632 g/mol. The van der Waals surface area contributed by atoms with Gasteiger partial charge in [-0.1, -0.05) is 56.9 Å². The number of Topliss-reactive ketones (excluding diaryl/α,β-unsaturated/α-hetero) is 1. The van der Waals surface area contributed by atoms with Gasteiger partial charge in [0, 0.05) is 11.3 Å². The Morgan fingerprint density at radius 3 is 1.86 bits per heavy atom. The van der Waals surface area contributed by atoms with Crippen molar-refractivity contribution in [2.45, 2.75) is 71.8 Å². The number of unbranched alkanes of at least 4 members (excludes halogenated alkanes) is 4. The molecule has 4 aromatic carbocycles. The Kier molecular flexibility index (Phi) is 14.6. The number of rotatable bonds is 19. The smallest absolute Gasteiger partial charge is 0.343 e. The second kappa shape index (κ2) is 19.5. The lowest BCUT2D eigenvalue weighted by molar-refractivity contribution is -0.119. The molecule has 0 fully saturated rings. The van der Waals surface area contributed by atoms with Crippen LogP contribution in [0.2, 0.25) is 0 Å². The molecule has 50 heavy (non-hydrogen) atoms. The van der Waals surface area contributed by atoms with Gasteiger partial charge >= 0.3 is 5.97 Å². The van der Waals surface area contributed by atoms with Gasteiger partial charge in [0.15, 0.2) is 5.78 Å². The van der Waals surface area contributed by atoms with Crippen molar-refractivity contribution < 1.29 is 33.4 Å². The van der Waals surface area contributed by atoms with E-state index in [2.05, 4.69) is 17.6 Å². The van der Waals surface area contributed by atoms with Crippen LogP contribution in [0.15, 0.2) is 97.1 Å². The van der Waals surface area contributed by atoms with Crippen molar-refractivity contribution >= 4 is 29.3 Å². The van der Waals surface area contributed by atoms with Crippen molar-refractivity contribution in [2.24, 2.45) is 0 Å². The van der Waals surface area contributed by atoms with E-state index in [-0.39, 0.29) is 24.5 Å². The first-order chi connectivity index (χ1) is 24.2. The highest BCUT2D eigenvalue weighted by molar-refractivity contribution is 5.98. The summed E-state index contributed by atoms with van der Waals surface area (Å²) in [4.78, 5) is 50.7. The van der Waals surface area contributed by atoms with E-state index in [1.165, 1.54) is 26.2 Å². The standard InChI is InChI=1S/C41H46N2O7/c1-4-6-7-8-9-26-49-36-24-16-33(17-25-36)41(47)50-37-22-12-30(13-23-37)27-38(29(3)44)43-40(46)32-14-18-34(19-15-32)42-39(45)28-31-10-20-35(21-11-31)48-5-2/h10-25,38H,4-9,26-28H2,1-3H3,(H,42,45)(H,43,46)/t38-/m0/s1. The Balaban J connectivity index is 1.23. The minimum absolute atomic E-state index is 0.188. The number of anilines is 1. The summed E-state index contributed by atoms with van der Waals surface area (Å²) in [5.74, 6) is 0.540. The summed E-state index contributed by atoms with van der Waals surface area (Å²) in [7, 11) is 0. The van der Waals surface area contributed by atoms with E-state index >= 15 is 0 Å². The monoisotopic (exact) mass is 678 g/mol. The van der Waals surface area contributed by atoms with Crippen LogP contribution in [0, 0.1) is 0 Å². The SMILES string of the molecule is CCCCCCCOc1ccc(C(=O)Oc2ccc(C[C@H](NC(=O)c3ccc(NC(=O)Cc4ccc(OCC)cc4)cc3)C(C)=O)cc2)cc1. The fraction of sp³-hybridized carbons (Fsp3) is 0.317. The summed E-state index contributed by atoms with van der Waals surface area (Å²) < 4.78 is 16.7. The number of amides is 2. The van der Waals surface area contributed by atoms with Gasteiger partial charge in [-0.25, -0.2) is 4.79 Å². The van der Waals surface area contributed by atoms with Gasteiger partial charge in [0.2, 0.25) is 5.91 Å². The number of esters is 1. The first kappa shape index (κ1) is 37.4. The molecule has 0 aliphatic heterocycles. The molecule has 0 spiro atoms. The summed E-state index contributed by atoms with van der Waals surface area (Å²) in [5.41, 5.74) is 2.94. The van der Waals surface area contributed by atoms with Crippen LogP contribution in [0.1, 0.15) is 84.7 Å². The van der Waals surface area contributed by atoms with Gasteiger partial charge in [-0.05, 0) is 111 Å². The van der Waals surface area contributed by atoms with E-state index in [0.29, 0.717) is 41.5 Å². The Bertz CT molecular complexity index is 1680. The maximum atomic E-state index is 13.0. The minimum Gasteiger partial charge on any atom is -0.494 e. The lowest BCUT2D eigenvalue weighted by atomic mass is 10.0. The second-order valence-corrected chi connectivity index (χ2v) is 12.0.